The van der Waals surface area contributed by atoms with Crippen molar-refractivity contribution in [1.82, 2.24) is 15.0 Å². The summed E-state index contributed by atoms with van der Waals surface area (Å²) in [6.07, 6.45) is 1.04. The Bertz CT molecular complexity index is 333. The van der Waals surface area contributed by atoms with E-state index in [0.717, 1.165) is 13.0 Å². The van der Waals surface area contributed by atoms with Gasteiger partial charge in [0.15, 0.2) is 5.69 Å². The number of aromatic carboxylic acids is 1. The van der Waals surface area contributed by atoms with Gasteiger partial charge in [-0.2, -0.15) is 0 Å². The molecule has 5 heteroatoms. The first-order chi connectivity index (χ1) is 6.56. The summed E-state index contributed by atoms with van der Waals surface area (Å²) in [6, 6.07) is 0. The molecule has 0 saturated carbocycles. The fourth-order valence-electron chi connectivity index (χ4n) is 1.16. The third-order valence-corrected chi connectivity index (χ3v) is 2.37. The van der Waals surface area contributed by atoms with E-state index in [-0.39, 0.29) is 5.69 Å². The molecule has 0 radical (unpaired) electrons. The first kappa shape index (κ1) is 10.7. The van der Waals surface area contributed by atoms with E-state index in [9.17, 15) is 4.79 Å². The predicted molar refractivity (Wildman–Crippen MR) is 51.2 cm³/mol. The third-order valence-electron chi connectivity index (χ3n) is 2.37. The van der Waals surface area contributed by atoms with Gasteiger partial charge < -0.3 is 5.11 Å². The van der Waals surface area contributed by atoms with Gasteiger partial charge in [0.05, 0.1) is 5.69 Å². The highest BCUT2D eigenvalue weighted by Crippen LogP contribution is 2.08. The van der Waals surface area contributed by atoms with E-state index < -0.39 is 5.97 Å². The molecule has 0 aromatic carbocycles. The van der Waals surface area contributed by atoms with Gasteiger partial charge in [0.1, 0.15) is 0 Å². The van der Waals surface area contributed by atoms with Crippen molar-refractivity contribution in [2.45, 2.75) is 33.7 Å². The molecule has 0 aliphatic rings. The molecule has 78 valence electrons. The summed E-state index contributed by atoms with van der Waals surface area (Å²) in [5.41, 5.74) is 0.672. The van der Waals surface area contributed by atoms with Crippen molar-refractivity contribution in [2.24, 2.45) is 5.92 Å². The SMILES string of the molecule is CCC(C)Cn1nnc(C(=O)O)c1C. The number of hydrogen-bond acceptors (Lipinski definition) is 3. The van der Waals surface area contributed by atoms with E-state index in [1.807, 2.05) is 0 Å². The molecule has 0 amide bonds. The lowest BCUT2D eigenvalue weighted by molar-refractivity contribution is 0.0689. The van der Waals surface area contributed by atoms with Crippen LogP contribution in [0.25, 0.3) is 0 Å². The highest BCUT2D eigenvalue weighted by atomic mass is 16.4. The number of carbonyl (C=O) groups is 1. The van der Waals surface area contributed by atoms with Crippen molar-refractivity contribution >= 4 is 5.97 Å². The molecule has 1 aromatic heterocycles. The molecule has 1 N–H and O–H groups in total. The lowest BCUT2D eigenvalue weighted by atomic mass is 10.1. The molecule has 1 atom stereocenters. The number of carboxylic acid groups (broad SMARTS) is 1. The number of carboxylic acids is 1. The lowest BCUT2D eigenvalue weighted by Crippen LogP contribution is -2.10. The summed E-state index contributed by atoms with van der Waals surface area (Å²) >= 11 is 0. The summed E-state index contributed by atoms with van der Waals surface area (Å²) < 4.78 is 1.65. The van der Waals surface area contributed by atoms with Crippen molar-refractivity contribution < 1.29 is 9.90 Å². The van der Waals surface area contributed by atoms with Crippen LogP contribution in [-0.4, -0.2) is 26.1 Å². The van der Waals surface area contributed by atoms with Gasteiger partial charge in [-0.15, -0.1) is 5.10 Å². The van der Waals surface area contributed by atoms with Crippen LogP contribution in [0.15, 0.2) is 0 Å². The molecule has 14 heavy (non-hydrogen) atoms. The predicted octanol–water partition coefficient (Wildman–Crippen LogP) is 1.33. The maximum absolute atomic E-state index is 10.7. The van der Waals surface area contributed by atoms with Crippen LogP contribution in [0.3, 0.4) is 0 Å². The highest BCUT2D eigenvalue weighted by Gasteiger charge is 2.15. The fourth-order valence-corrected chi connectivity index (χ4v) is 1.16. The van der Waals surface area contributed by atoms with Gasteiger partial charge in [0.25, 0.3) is 0 Å². The van der Waals surface area contributed by atoms with E-state index in [2.05, 4.69) is 24.2 Å². The molecule has 0 bridgehead atoms. The number of hydrogen-bond donors (Lipinski definition) is 1. The maximum Gasteiger partial charge on any atom is 0.358 e. The summed E-state index contributed by atoms with van der Waals surface area (Å²) in [7, 11) is 0. The summed E-state index contributed by atoms with van der Waals surface area (Å²) in [5.74, 6) is -0.532. The van der Waals surface area contributed by atoms with E-state index >= 15 is 0 Å². The summed E-state index contributed by atoms with van der Waals surface area (Å²) in [5, 5.41) is 16.2. The zero-order valence-electron chi connectivity index (χ0n) is 8.69. The lowest BCUT2D eigenvalue weighted by Gasteiger charge is -2.08. The molecule has 0 saturated heterocycles. The van der Waals surface area contributed by atoms with Crippen molar-refractivity contribution in [3.63, 3.8) is 0 Å². The minimum absolute atomic E-state index is 0.0494. The molecule has 0 spiro atoms. The Morgan fingerprint density at radius 3 is 2.71 bits per heavy atom. The Morgan fingerprint density at radius 2 is 2.29 bits per heavy atom. The molecule has 0 fully saturated rings. The van der Waals surface area contributed by atoms with Gasteiger partial charge >= 0.3 is 5.97 Å². The molecule has 0 aliphatic heterocycles. The maximum atomic E-state index is 10.7. The van der Waals surface area contributed by atoms with Gasteiger partial charge in [-0.3, -0.25) is 0 Å². The Balaban J connectivity index is 2.84. The monoisotopic (exact) mass is 197 g/mol. The molecule has 1 rings (SSSR count). The second kappa shape index (κ2) is 4.21. The van der Waals surface area contributed by atoms with E-state index in [4.69, 9.17) is 5.11 Å². The van der Waals surface area contributed by atoms with Crippen molar-refractivity contribution in [3.05, 3.63) is 11.4 Å². The van der Waals surface area contributed by atoms with Crippen LogP contribution in [0, 0.1) is 12.8 Å². The molecule has 1 heterocycles. The molecule has 1 aromatic rings. The number of nitrogens with zero attached hydrogens (tertiary/aromatic N) is 3. The van der Waals surface area contributed by atoms with Gasteiger partial charge in [0.2, 0.25) is 0 Å². The van der Waals surface area contributed by atoms with Gasteiger partial charge in [-0.05, 0) is 12.8 Å². The van der Waals surface area contributed by atoms with Gasteiger partial charge in [-0.25, -0.2) is 9.48 Å². The highest BCUT2D eigenvalue weighted by molar-refractivity contribution is 5.86. The van der Waals surface area contributed by atoms with Crippen molar-refractivity contribution in [2.75, 3.05) is 0 Å². The zero-order valence-corrected chi connectivity index (χ0v) is 8.69. The van der Waals surface area contributed by atoms with Crippen LogP contribution in [0.5, 0.6) is 0 Å². The van der Waals surface area contributed by atoms with Crippen molar-refractivity contribution in [3.8, 4) is 0 Å². The third kappa shape index (κ3) is 2.10. The Morgan fingerprint density at radius 1 is 1.64 bits per heavy atom. The van der Waals surface area contributed by atoms with Crippen LogP contribution >= 0.6 is 0 Å². The Hall–Kier alpha value is -1.39. The van der Waals surface area contributed by atoms with Crippen LogP contribution in [0.4, 0.5) is 0 Å². The minimum atomic E-state index is -1.02. The average molecular weight is 197 g/mol. The minimum Gasteiger partial charge on any atom is -0.476 e. The van der Waals surface area contributed by atoms with E-state index in [1.165, 1.54) is 0 Å². The van der Waals surface area contributed by atoms with Gasteiger partial charge in [0, 0.05) is 6.54 Å². The zero-order chi connectivity index (χ0) is 10.7. The first-order valence-electron chi connectivity index (χ1n) is 4.69. The second-order valence-electron chi connectivity index (χ2n) is 3.52. The van der Waals surface area contributed by atoms with E-state index in [1.54, 1.807) is 11.6 Å². The number of aromatic nitrogens is 3. The standard InChI is InChI=1S/C9H15N3O2/c1-4-6(2)5-12-7(3)8(9(13)14)10-11-12/h6H,4-5H2,1-3H3,(H,13,14). The van der Waals surface area contributed by atoms with E-state index in [0.29, 0.717) is 11.6 Å². The summed E-state index contributed by atoms with van der Waals surface area (Å²) in [6.45, 7) is 6.64. The Labute approximate surface area is 82.7 Å². The Kier molecular flexibility index (Phi) is 3.22. The average Bonchev–Trinajstić information content (AvgIpc) is 2.48. The normalized spacial score (nSPS) is 12.8. The number of rotatable bonds is 4. The second-order valence-corrected chi connectivity index (χ2v) is 3.52. The van der Waals surface area contributed by atoms with Crippen LogP contribution in [-0.2, 0) is 6.54 Å². The van der Waals surface area contributed by atoms with Crippen LogP contribution < -0.4 is 0 Å². The first-order valence-corrected chi connectivity index (χ1v) is 4.69. The molecule has 0 aliphatic carbocycles. The largest absolute Gasteiger partial charge is 0.476 e. The molecule has 5 nitrogen and oxygen atoms in total. The van der Waals surface area contributed by atoms with Crippen molar-refractivity contribution in [1.29, 1.82) is 0 Å². The fraction of sp³-hybridized carbons (Fsp3) is 0.667. The molecule has 1 unspecified atom stereocenters. The smallest absolute Gasteiger partial charge is 0.358 e. The quantitative estimate of drug-likeness (QED) is 0.790. The molecular formula is C9H15N3O2. The topological polar surface area (TPSA) is 68.0 Å². The summed E-state index contributed by atoms with van der Waals surface area (Å²) in [4.78, 5) is 10.7. The molecular weight excluding hydrogens is 182 g/mol. The van der Waals surface area contributed by atoms with Gasteiger partial charge in [-0.1, -0.05) is 25.5 Å². The van der Waals surface area contributed by atoms with Crippen LogP contribution in [0.2, 0.25) is 0 Å². The van der Waals surface area contributed by atoms with Crippen LogP contribution in [0.1, 0.15) is 36.5 Å².